The third kappa shape index (κ3) is 3.73. The Morgan fingerprint density at radius 3 is 2.57 bits per heavy atom. The van der Waals surface area contributed by atoms with Gasteiger partial charge in [0.05, 0.1) is 41.7 Å². The topological polar surface area (TPSA) is 115 Å². The minimum Gasteiger partial charge on any atom is -0.444 e. The van der Waals surface area contributed by atoms with Gasteiger partial charge in [-0.15, -0.1) is 0 Å². The lowest BCUT2D eigenvalue weighted by molar-refractivity contribution is 0.0636. The van der Waals surface area contributed by atoms with Crippen LogP contribution < -0.4 is 5.32 Å². The number of hydrogen-bond donors (Lipinski definition) is 1. The van der Waals surface area contributed by atoms with Crippen molar-refractivity contribution in [3.05, 3.63) is 48.8 Å². The van der Waals surface area contributed by atoms with Crippen LogP contribution in [0.2, 0.25) is 0 Å². The van der Waals surface area contributed by atoms with Crippen molar-refractivity contribution in [2.45, 2.75) is 26.4 Å². The predicted molar refractivity (Wildman–Crippen MR) is 109 cm³/mol. The second-order valence-corrected chi connectivity index (χ2v) is 7.78. The number of nitrogens with zero attached hydrogens (tertiary/aromatic N) is 7. The molecule has 0 aliphatic rings. The first kappa shape index (κ1) is 19.2. The van der Waals surface area contributed by atoms with Crippen LogP contribution >= 0.6 is 0 Å². The second-order valence-electron chi connectivity index (χ2n) is 7.78. The standard InChI is InChI=1S/C20H20N8O2/c1-20(2,3)30-19(29)25-16-9-24-27(12-16)17-5-13(15-8-22-26(4)10-15)11-28-18(17)14(6-21)7-23-28/h5,7-12H,1-4H3,(H,25,29). The molecule has 30 heavy (non-hydrogen) atoms. The Morgan fingerprint density at radius 2 is 1.90 bits per heavy atom. The summed E-state index contributed by atoms with van der Waals surface area (Å²) in [6, 6.07) is 4.06. The van der Waals surface area contributed by atoms with Gasteiger partial charge >= 0.3 is 6.09 Å². The minimum absolute atomic E-state index is 0.417. The Balaban J connectivity index is 1.76. The van der Waals surface area contributed by atoms with Crippen LogP contribution in [0, 0.1) is 11.3 Å². The van der Waals surface area contributed by atoms with E-state index in [4.69, 9.17) is 4.74 Å². The number of nitrogens with one attached hydrogen (secondary N) is 1. The van der Waals surface area contributed by atoms with Gasteiger partial charge in [0, 0.05) is 30.6 Å². The number of nitriles is 1. The average molecular weight is 404 g/mol. The molecule has 0 atom stereocenters. The van der Waals surface area contributed by atoms with E-state index in [1.807, 2.05) is 25.5 Å². The largest absolute Gasteiger partial charge is 0.444 e. The van der Waals surface area contributed by atoms with E-state index in [-0.39, 0.29) is 0 Å². The van der Waals surface area contributed by atoms with Crippen molar-refractivity contribution in [2.24, 2.45) is 7.05 Å². The first-order valence-electron chi connectivity index (χ1n) is 9.19. The molecule has 0 saturated carbocycles. The Morgan fingerprint density at radius 1 is 1.10 bits per heavy atom. The van der Waals surface area contributed by atoms with Crippen LogP contribution in [0.1, 0.15) is 26.3 Å². The van der Waals surface area contributed by atoms with E-state index >= 15 is 0 Å². The molecule has 1 amide bonds. The third-order valence-electron chi connectivity index (χ3n) is 4.23. The molecule has 1 N–H and O–H groups in total. The van der Waals surface area contributed by atoms with Crippen LogP contribution in [0.25, 0.3) is 22.3 Å². The summed E-state index contributed by atoms with van der Waals surface area (Å²) in [6.07, 6.45) is 9.57. The van der Waals surface area contributed by atoms with Crippen molar-refractivity contribution in [3.63, 3.8) is 0 Å². The molecule has 0 aliphatic carbocycles. The van der Waals surface area contributed by atoms with Gasteiger partial charge in [-0.05, 0) is 26.8 Å². The van der Waals surface area contributed by atoms with Crippen molar-refractivity contribution in [1.82, 2.24) is 29.2 Å². The summed E-state index contributed by atoms with van der Waals surface area (Å²) in [7, 11) is 1.84. The third-order valence-corrected chi connectivity index (χ3v) is 4.23. The summed E-state index contributed by atoms with van der Waals surface area (Å²) in [6.45, 7) is 5.37. The number of carbonyl (C=O) groups is 1. The fourth-order valence-corrected chi connectivity index (χ4v) is 3.03. The molecule has 10 heteroatoms. The highest BCUT2D eigenvalue weighted by Crippen LogP contribution is 2.27. The molecular formula is C20H20N8O2. The van der Waals surface area contributed by atoms with Gasteiger partial charge in [0.15, 0.2) is 0 Å². The van der Waals surface area contributed by atoms with Crippen molar-refractivity contribution in [1.29, 1.82) is 5.26 Å². The van der Waals surface area contributed by atoms with Gasteiger partial charge in [0.1, 0.15) is 17.2 Å². The first-order chi connectivity index (χ1) is 14.2. The summed E-state index contributed by atoms with van der Waals surface area (Å²) >= 11 is 0. The van der Waals surface area contributed by atoms with Gasteiger partial charge < -0.3 is 4.74 Å². The van der Waals surface area contributed by atoms with E-state index in [9.17, 15) is 10.1 Å². The van der Waals surface area contributed by atoms with Gasteiger partial charge in [-0.1, -0.05) is 0 Å². The van der Waals surface area contributed by atoms with Crippen molar-refractivity contribution < 1.29 is 9.53 Å². The smallest absolute Gasteiger partial charge is 0.412 e. The van der Waals surface area contributed by atoms with Crippen LogP contribution in [-0.4, -0.2) is 40.9 Å². The highest BCUT2D eigenvalue weighted by molar-refractivity contribution is 5.85. The lowest BCUT2D eigenvalue weighted by atomic mass is 10.1. The molecule has 0 aliphatic heterocycles. The molecule has 0 bridgehead atoms. The Bertz CT molecular complexity index is 1280. The summed E-state index contributed by atoms with van der Waals surface area (Å²) in [5.41, 5.74) is 3.28. The molecule has 10 nitrogen and oxygen atoms in total. The van der Waals surface area contributed by atoms with Gasteiger partial charge in [-0.3, -0.25) is 10.00 Å². The minimum atomic E-state index is -0.608. The fourth-order valence-electron chi connectivity index (χ4n) is 3.03. The average Bonchev–Trinajstić information content (AvgIpc) is 3.38. The predicted octanol–water partition coefficient (Wildman–Crippen LogP) is 3.14. The fraction of sp³-hybridized carbons (Fsp3) is 0.250. The SMILES string of the molecule is Cn1cc(-c2cc(-n3cc(NC(=O)OC(C)(C)C)cn3)c3c(C#N)cnn3c2)cn1. The molecule has 0 unspecified atom stereocenters. The maximum Gasteiger partial charge on any atom is 0.412 e. The molecular weight excluding hydrogens is 384 g/mol. The molecule has 0 radical (unpaired) electrons. The summed E-state index contributed by atoms with van der Waals surface area (Å²) in [5.74, 6) is 0. The zero-order chi connectivity index (χ0) is 21.5. The van der Waals surface area contributed by atoms with Crippen molar-refractivity contribution in [3.8, 4) is 22.9 Å². The van der Waals surface area contributed by atoms with E-state index in [1.165, 1.54) is 12.4 Å². The number of rotatable bonds is 3. The summed E-state index contributed by atoms with van der Waals surface area (Å²) in [5, 5.41) is 25.0. The zero-order valence-corrected chi connectivity index (χ0v) is 17.0. The number of aryl methyl sites for hydroxylation is 1. The number of amides is 1. The monoisotopic (exact) mass is 404 g/mol. The molecule has 4 rings (SSSR count). The number of fused-ring (bicyclic) bond motifs is 1. The first-order valence-corrected chi connectivity index (χ1v) is 9.19. The zero-order valence-electron chi connectivity index (χ0n) is 17.0. The molecule has 0 fully saturated rings. The number of aromatic nitrogens is 6. The number of hydrogen-bond acceptors (Lipinski definition) is 6. The Kier molecular flexibility index (Phi) is 4.50. The van der Waals surface area contributed by atoms with Crippen LogP contribution in [0.4, 0.5) is 10.5 Å². The van der Waals surface area contributed by atoms with Crippen LogP contribution in [0.3, 0.4) is 0 Å². The summed E-state index contributed by atoms with van der Waals surface area (Å²) < 4.78 is 10.2. The lowest BCUT2D eigenvalue weighted by Crippen LogP contribution is -2.27. The summed E-state index contributed by atoms with van der Waals surface area (Å²) in [4.78, 5) is 12.0. The maximum absolute atomic E-state index is 12.0. The van der Waals surface area contributed by atoms with E-state index in [2.05, 4.69) is 26.7 Å². The van der Waals surface area contributed by atoms with Crippen LogP contribution in [-0.2, 0) is 11.8 Å². The van der Waals surface area contributed by atoms with Gasteiger partial charge in [0.25, 0.3) is 0 Å². The highest BCUT2D eigenvalue weighted by Gasteiger charge is 2.18. The normalized spacial score (nSPS) is 11.4. The van der Waals surface area contributed by atoms with Gasteiger partial charge in [-0.2, -0.15) is 20.6 Å². The molecule has 0 aromatic carbocycles. The molecule has 152 valence electrons. The quantitative estimate of drug-likeness (QED) is 0.561. The molecule has 4 aromatic rings. The van der Waals surface area contributed by atoms with Gasteiger partial charge in [-0.25, -0.2) is 14.0 Å². The lowest BCUT2D eigenvalue weighted by Gasteiger charge is -2.19. The molecule has 0 spiro atoms. The Labute approximate surface area is 172 Å². The van der Waals surface area contributed by atoms with Crippen molar-refractivity contribution >= 4 is 17.3 Å². The van der Waals surface area contributed by atoms with E-state index < -0.39 is 11.7 Å². The number of anilines is 1. The van der Waals surface area contributed by atoms with Crippen LogP contribution in [0.15, 0.2) is 43.2 Å². The molecule has 4 heterocycles. The van der Waals surface area contributed by atoms with Crippen molar-refractivity contribution in [2.75, 3.05) is 5.32 Å². The maximum atomic E-state index is 12.0. The van der Waals surface area contributed by atoms with E-state index in [0.29, 0.717) is 22.5 Å². The van der Waals surface area contributed by atoms with E-state index in [0.717, 1.165) is 11.1 Å². The molecule has 4 aromatic heterocycles. The second kappa shape index (κ2) is 7.04. The number of ether oxygens (including phenoxy) is 1. The Hall–Kier alpha value is -4.13. The van der Waals surface area contributed by atoms with E-state index in [1.54, 1.807) is 47.0 Å². The molecule has 0 saturated heterocycles. The van der Waals surface area contributed by atoms with Gasteiger partial charge in [0.2, 0.25) is 0 Å². The number of pyridine rings is 1. The highest BCUT2D eigenvalue weighted by atomic mass is 16.6. The van der Waals surface area contributed by atoms with Crippen LogP contribution in [0.5, 0.6) is 0 Å². The number of carbonyl (C=O) groups excluding carboxylic acids is 1.